The first-order chi connectivity index (χ1) is 14.3. The zero-order valence-corrected chi connectivity index (χ0v) is 16.8. The van der Waals surface area contributed by atoms with Gasteiger partial charge in [0, 0.05) is 45.5 Å². The largest absolute Gasteiger partial charge is 0.383 e. The second-order valence-electron chi connectivity index (χ2n) is 7.13. The summed E-state index contributed by atoms with van der Waals surface area (Å²) in [5.41, 5.74) is 3.06. The lowest BCUT2D eigenvalue weighted by Gasteiger charge is -2.36. The van der Waals surface area contributed by atoms with Crippen LogP contribution >= 0.6 is 0 Å². The highest BCUT2D eigenvalue weighted by Crippen LogP contribution is 2.21. The Morgan fingerprint density at radius 3 is 2.52 bits per heavy atom. The van der Waals surface area contributed by atoms with Gasteiger partial charge in [0.05, 0.1) is 17.6 Å². The summed E-state index contributed by atoms with van der Waals surface area (Å²) < 4.78 is 7.09. The second kappa shape index (κ2) is 8.96. The van der Waals surface area contributed by atoms with Gasteiger partial charge in [-0.15, -0.1) is 0 Å². The highest BCUT2D eigenvalue weighted by molar-refractivity contribution is 5.83. The molecule has 2 heterocycles. The fourth-order valence-electron chi connectivity index (χ4n) is 3.72. The Bertz CT molecular complexity index is 948. The third-order valence-electron chi connectivity index (χ3n) is 5.29. The number of aromatic nitrogens is 2. The normalized spacial score (nSPS) is 14.4. The van der Waals surface area contributed by atoms with E-state index in [1.54, 1.807) is 7.11 Å². The van der Waals surface area contributed by atoms with Crippen LogP contribution in [0.2, 0.25) is 0 Å². The maximum atomic E-state index is 13.0. The number of imidazole rings is 1. The number of nitrogens with zero attached hydrogens (tertiary/aromatic N) is 4. The van der Waals surface area contributed by atoms with Crippen LogP contribution in [-0.4, -0.2) is 66.8 Å². The SMILES string of the molecule is COCCNc1nc2ccccc2n1CC(=O)N1CCN(c2ccccc2)CC1. The van der Waals surface area contributed by atoms with Gasteiger partial charge in [0.15, 0.2) is 0 Å². The molecule has 1 amide bonds. The predicted octanol–water partition coefficient (Wildman–Crippen LogP) is 2.44. The fraction of sp³-hybridized carbons (Fsp3) is 0.364. The molecule has 1 aromatic heterocycles. The number of anilines is 2. The monoisotopic (exact) mass is 393 g/mol. The van der Waals surface area contributed by atoms with E-state index < -0.39 is 0 Å². The van der Waals surface area contributed by atoms with Crippen molar-refractivity contribution >= 4 is 28.6 Å². The second-order valence-corrected chi connectivity index (χ2v) is 7.13. The molecule has 1 saturated heterocycles. The summed E-state index contributed by atoms with van der Waals surface area (Å²) >= 11 is 0. The Labute approximate surface area is 170 Å². The van der Waals surface area contributed by atoms with Crippen molar-refractivity contribution in [3.63, 3.8) is 0 Å². The molecule has 3 aromatic rings. The maximum absolute atomic E-state index is 13.0. The molecule has 1 N–H and O–H groups in total. The van der Waals surface area contributed by atoms with Crippen molar-refractivity contribution in [2.24, 2.45) is 0 Å². The standard InChI is InChI=1S/C22H27N5O2/c1-29-16-11-23-22-24-19-9-5-6-10-20(19)27(22)17-21(28)26-14-12-25(13-15-26)18-7-3-2-4-8-18/h2-10H,11-17H2,1H3,(H,23,24). The minimum atomic E-state index is 0.121. The molecule has 0 saturated carbocycles. The summed E-state index contributed by atoms with van der Waals surface area (Å²) in [7, 11) is 1.67. The number of nitrogens with one attached hydrogen (secondary N) is 1. The molecule has 2 aromatic carbocycles. The van der Waals surface area contributed by atoms with Gasteiger partial charge in [0.1, 0.15) is 6.54 Å². The molecule has 0 bridgehead atoms. The van der Waals surface area contributed by atoms with Crippen molar-refractivity contribution in [1.29, 1.82) is 0 Å². The average Bonchev–Trinajstić information content (AvgIpc) is 3.12. The van der Waals surface area contributed by atoms with Crippen molar-refractivity contribution in [1.82, 2.24) is 14.5 Å². The fourth-order valence-corrected chi connectivity index (χ4v) is 3.72. The van der Waals surface area contributed by atoms with Gasteiger partial charge in [-0.05, 0) is 24.3 Å². The quantitative estimate of drug-likeness (QED) is 0.625. The van der Waals surface area contributed by atoms with Gasteiger partial charge in [0.2, 0.25) is 11.9 Å². The average molecular weight is 393 g/mol. The number of fused-ring (bicyclic) bond motifs is 1. The van der Waals surface area contributed by atoms with Crippen LogP contribution in [-0.2, 0) is 16.1 Å². The third kappa shape index (κ3) is 4.35. The number of carbonyl (C=O) groups excluding carboxylic acids is 1. The van der Waals surface area contributed by atoms with E-state index in [4.69, 9.17) is 4.74 Å². The number of piperazine rings is 1. The van der Waals surface area contributed by atoms with Gasteiger partial charge in [-0.3, -0.25) is 4.79 Å². The van der Waals surface area contributed by atoms with E-state index in [2.05, 4.69) is 39.5 Å². The number of ether oxygens (including phenoxy) is 1. The molecule has 7 nitrogen and oxygen atoms in total. The molecular weight excluding hydrogens is 366 g/mol. The number of hydrogen-bond donors (Lipinski definition) is 1. The van der Waals surface area contributed by atoms with E-state index in [0.717, 1.165) is 37.2 Å². The molecule has 1 aliphatic heterocycles. The highest BCUT2D eigenvalue weighted by Gasteiger charge is 2.23. The Balaban J connectivity index is 1.44. The highest BCUT2D eigenvalue weighted by atomic mass is 16.5. The molecule has 0 aliphatic carbocycles. The van der Waals surface area contributed by atoms with Crippen LogP contribution in [0.5, 0.6) is 0 Å². The van der Waals surface area contributed by atoms with Gasteiger partial charge in [-0.1, -0.05) is 30.3 Å². The summed E-state index contributed by atoms with van der Waals surface area (Å²) in [6.45, 7) is 4.65. The van der Waals surface area contributed by atoms with E-state index in [-0.39, 0.29) is 12.5 Å². The van der Waals surface area contributed by atoms with Gasteiger partial charge in [-0.25, -0.2) is 4.98 Å². The van der Waals surface area contributed by atoms with Gasteiger partial charge >= 0.3 is 0 Å². The first-order valence-electron chi connectivity index (χ1n) is 10.0. The summed E-state index contributed by atoms with van der Waals surface area (Å²) in [5.74, 6) is 0.829. The molecule has 29 heavy (non-hydrogen) atoms. The zero-order valence-electron chi connectivity index (χ0n) is 16.8. The maximum Gasteiger partial charge on any atom is 0.242 e. The Hall–Kier alpha value is -3.06. The van der Waals surface area contributed by atoms with Crippen molar-refractivity contribution < 1.29 is 9.53 Å². The van der Waals surface area contributed by atoms with Gasteiger partial charge in [-0.2, -0.15) is 0 Å². The lowest BCUT2D eigenvalue weighted by atomic mass is 10.2. The third-order valence-corrected chi connectivity index (χ3v) is 5.29. The molecule has 0 atom stereocenters. The first kappa shape index (κ1) is 19.3. The molecular formula is C22H27N5O2. The van der Waals surface area contributed by atoms with E-state index in [0.29, 0.717) is 19.1 Å². The van der Waals surface area contributed by atoms with Crippen molar-refractivity contribution in [3.05, 3.63) is 54.6 Å². The molecule has 152 valence electrons. The lowest BCUT2D eigenvalue weighted by Crippen LogP contribution is -2.49. The molecule has 0 spiro atoms. The molecule has 7 heteroatoms. The summed E-state index contributed by atoms with van der Waals surface area (Å²) in [4.78, 5) is 22.0. The molecule has 4 rings (SSSR count). The molecule has 1 aliphatic rings. The van der Waals surface area contributed by atoms with E-state index in [9.17, 15) is 4.79 Å². The summed E-state index contributed by atoms with van der Waals surface area (Å²) in [5, 5.41) is 3.29. The molecule has 0 unspecified atom stereocenters. The number of para-hydroxylation sites is 3. The van der Waals surface area contributed by atoms with Crippen molar-refractivity contribution in [2.75, 3.05) is 56.7 Å². The summed E-state index contributed by atoms with van der Waals surface area (Å²) in [6, 6.07) is 18.3. The Morgan fingerprint density at radius 1 is 1.03 bits per heavy atom. The predicted molar refractivity (Wildman–Crippen MR) is 115 cm³/mol. The van der Waals surface area contributed by atoms with Crippen LogP contribution in [0.4, 0.5) is 11.6 Å². The Morgan fingerprint density at radius 2 is 1.76 bits per heavy atom. The summed E-state index contributed by atoms with van der Waals surface area (Å²) in [6.07, 6.45) is 0. The minimum Gasteiger partial charge on any atom is -0.383 e. The van der Waals surface area contributed by atoms with Crippen LogP contribution < -0.4 is 10.2 Å². The molecule has 1 fully saturated rings. The zero-order chi connectivity index (χ0) is 20.1. The van der Waals surface area contributed by atoms with Crippen molar-refractivity contribution in [2.45, 2.75) is 6.54 Å². The minimum absolute atomic E-state index is 0.121. The first-order valence-corrected chi connectivity index (χ1v) is 10.0. The molecule has 0 radical (unpaired) electrons. The van der Waals surface area contributed by atoms with Crippen LogP contribution in [0.1, 0.15) is 0 Å². The van der Waals surface area contributed by atoms with E-state index in [1.807, 2.05) is 39.8 Å². The number of rotatable bonds is 7. The lowest BCUT2D eigenvalue weighted by molar-refractivity contribution is -0.132. The number of methoxy groups -OCH3 is 1. The number of amides is 1. The smallest absolute Gasteiger partial charge is 0.242 e. The van der Waals surface area contributed by atoms with Gasteiger partial charge in [0.25, 0.3) is 0 Å². The number of benzene rings is 2. The number of hydrogen-bond acceptors (Lipinski definition) is 5. The number of carbonyl (C=O) groups is 1. The van der Waals surface area contributed by atoms with E-state index >= 15 is 0 Å². The Kier molecular flexibility index (Phi) is 5.95. The van der Waals surface area contributed by atoms with Crippen LogP contribution in [0, 0.1) is 0 Å². The topological polar surface area (TPSA) is 62.6 Å². The van der Waals surface area contributed by atoms with Crippen LogP contribution in [0.3, 0.4) is 0 Å². The van der Waals surface area contributed by atoms with Gasteiger partial charge < -0.3 is 24.4 Å². The van der Waals surface area contributed by atoms with Crippen LogP contribution in [0.25, 0.3) is 11.0 Å². The van der Waals surface area contributed by atoms with E-state index in [1.165, 1.54) is 5.69 Å². The van der Waals surface area contributed by atoms with Crippen LogP contribution in [0.15, 0.2) is 54.6 Å². The van der Waals surface area contributed by atoms with Crippen molar-refractivity contribution in [3.8, 4) is 0 Å².